The number of hydrogen-bond donors (Lipinski definition) is 0. The lowest BCUT2D eigenvalue weighted by atomic mass is 10.3. The van der Waals surface area contributed by atoms with Crippen LogP contribution in [0, 0.1) is 0 Å². The average molecular weight is 440 g/mol. The summed E-state index contributed by atoms with van der Waals surface area (Å²) in [7, 11) is 0. The quantitative estimate of drug-likeness (QED) is 0.331. The molecular weight excluding hydrogens is 433 g/mol. The number of ether oxygens (including phenoxy) is 2. The Labute approximate surface area is 167 Å². The maximum absolute atomic E-state index is 11.8. The van der Waals surface area contributed by atoms with Crippen molar-refractivity contribution in [2.24, 2.45) is 0 Å². The van der Waals surface area contributed by atoms with E-state index in [1.54, 1.807) is 0 Å². The molecule has 0 aliphatic heterocycles. The number of benzene rings is 2. The highest BCUT2D eigenvalue weighted by molar-refractivity contribution is 6.40. The molecule has 0 atom stereocenters. The molecule has 0 saturated carbocycles. The van der Waals surface area contributed by atoms with Crippen LogP contribution in [0.25, 0.3) is 0 Å². The molecule has 9 heteroatoms. The molecule has 0 unspecified atom stereocenters. The summed E-state index contributed by atoms with van der Waals surface area (Å²) < 4.78 is 9.94. The normalized spacial score (nSPS) is 10.8. The van der Waals surface area contributed by atoms with Crippen molar-refractivity contribution in [1.29, 1.82) is 0 Å². The van der Waals surface area contributed by atoms with E-state index in [4.69, 9.17) is 67.5 Å². The van der Waals surface area contributed by atoms with Crippen molar-refractivity contribution in [3.05, 3.63) is 67.6 Å². The van der Waals surface area contributed by atoms with E-state index >= 15 is 0 Å². The second-order valence-electron chi connectivity index (χ2n) is 4.45. The fourth-order valence-electron chi connectivity index (χ4n) is 1.60. The molecule has 25 heavy (non-hydrogen) atoms. The van der Waals surface area contributed by atoms with Gasteiger partial charge in [-0.3, -0.25) is 0 Å². The maximum atomic E-state index is 11.8. The lowest BCUT2D eigenvalue weighted by Crippen LogP contribution is -2.09. The molecule has 0 aliphatic rings. The smallest absolute Gasteiger partial charge is 0.336 e. The third-order valence-electron chi connectivity index (χ3n) is 2.63. The average Bonchev–Trinajstić information content (AvgIpc) is 2.51. The first-order valence-electron chi connectivity index (χ1n) is 6.47. The predicted octanol–water partition coefficient (Wildman–Crippen LogP) is 6.02. The van der Waals surface area contributed by atoms with Crippen LogP contribution < -0.4 is 9.47 Å². The molecule has 0 spiro atoms. The van der Waals surface area contributed by atoms with E-state index in [0.717, 1.165) is 12.2 Å². The molecule has 0 heterocycles. The molecular formula is C16H7Cl5O4. The fourth-order valence-corrected chi connectivity index (χ4v) is 2.94. The Morgan fingerprint density at radius 2 is 1.24 bits per heavy atom. The molecule has 0 saturated heterocycles. The zero-order valence-electron chi connectivity index (χ0n) is 12.1. The molecule has 0 N–H and O–H groups in total. The van der Waals surface area contributed by atoms with Crippen LogP contribution in [0.2, 0.25) is 25.1 Å². The first kappa shape index (κ1) is 19.9. The summed E-state index contributed by atoms with van der Waals surface area (Å²) in [6.45, 7) is 0. The SMILES string of the molecule is O=C(/C=C/C(=O)Oc1c(Cl)cc(Cl)cc1Cl)Oc1ccc(Cl)cc1Cl. The van der Waals surface area contributed by atoms with Crippen LogP contribution >= 0.6 is 58.0 Å². The van der Waals surface area contributed by atoms with E-state index in [0.29, 0.717) is 5.02 Å². The number of esters is 2. The molecule has 0 radical (unpaired) electrons. The maximum Gasteiger partial charge on any atom is 0.336 e. The monoisotopic (exact) mass is 438 g/mol. The van der Waals surface area contributed by atoms with Gasteiger partial charge in [-0.1, -0.05) is 58.0 Å². The van der Waals surface area contributed by atoms with Gasteiger partial charge in [0.25, 0.3) is 0 Å². The molecule has 2 aromatic rings. The summed E-state index contributed by atoms with van der Waals surface area (Å²) in [5.74, 6) is -1.70. The van der Waals surface area contributed by atoms with Gasteiger partial charge in [0, 0.05) is 22.2 Å². The third kappa shape index (κ3) is 5.80. The molecule has 0 bridgehead atoms. The van der Waals surface area contributed by atoms with Gasteiger partial charge in [0.2, 0.25) is 0 Å². The summed E-state index contributed by atoms with van der Waals surface area (Å²) in [4.78, 5) is 23.5. The Morgan fingerprint density at radius 3 is 1.80 bits per heavy atom. The lowest BCUT2D eigenvalue weighted by Gasteiger charge is -2.07. The van der Waals surface area contributed by atoms with Gasteiger partial charge in [-0.2, -0.15) is 0 Å². The van der Waals surface area contributed by atoms with Crippen molar-refractivity contribution in [3.8, 4) is 11.5 Å². The topological polar surface area (TPSA) is 52.6 Å². The largest absolute Gasteiger partial charge is 0.422 e. The van der Waals surface area contributed by atoms with Crippen LogP contribution in [0.15, 0.2) is 42.5 Å². The minimum Gasteiger partial charge on any atom is -0.422 e. The molecule has 2 rings (SSSR count). The Balaban J connectivity index is 2.01. The summed E-state index contributed by atoms with van der Waals surface area (Å²) in [6.07, 6.45) is 1.72. The highest BCUT2D eigenvalue weighted by atomic mass is 35.5. The van der Waals surface area contributed by atoms with E-state index in [-0.39, 0.29) is 31.6 Å². The van der Waals surface area contributed by atoms with Crippen molar-refractivity contribution >= 4 is 69.9 Å². The first-order chi connectivity index (χ1) is 11.8. The number of carbonyl (C=O) groups is 2. The number of halogens is 5. The standard InChI is InChI=1S/C16H7Cl5O4/c17-8-1-2-13(10(19)5-8)24-14(22)3-4-15(23)25-16-11(20)6-9(18)7-12(16)21/h1-7H/b4-3+. The Morgan fingerprint density at radius 1 is 0.720 bits per heavy atom. The Kier molecular flexibility index (Phi) is 6.99. The highest BCUT2D eigenvalue weighted by Crippen LogP contribution is 2.36. The highest BCUT2D eigenvalue weighted by Gasteiger charge is 2.13. The van der Waals surface area contributed by atoms with Crippen molar-refractivity contribution in [2.75, 3.05) is 0 Å². The van der Waals surface area contributed by atoms with Crippen LogP contribution in [0.4, 0.5) is 0 Å². The second-order valence-corrected chi connectivity index (χ2v) is 6.54. The molecule has 4 nitrogen and oxygen atoms in total. The minimum absolute atomic E-state index is 0.0507. The van der Waals surface area contributed by atoms with Crippen molar-refractivity contribution in [2.45, 2.75) is 0 Å². The number of rotatable bonds is 4. The van der Waals surface area contributed by atoms with E-state index in [1.165, 1.54) is 30.3 Å². The van der Waals surface area contributed by atoms with E-state index in [9.17, 15) is 9.59 Å². The summed E-state index contributed by atoms with van der Waals surface area (Å²) in [5.41, 5.74) is 0. The summed E-state index contributed by atoms with van der Waals surface area (Å²) in [5, 5.41) is 0.926. The van der Waals surface area contributed by atoms with Crippen LogP contribution in [-0.2, 0) is 9.59 Å². The number of carbonyl (C=O) groups excluding carboxylic acids is 2. The molecule has 2 aromatic carbocycles. The molecule has 0 aromatic heterocycles. The van der Waals surface area contributed by atoms with Crippen molar-refractivity contribution in [3.63, 3.8) is 0 Å². The summed E-state index contributed by atoms with van der Waals surface area (Å²) in [6, 6.07) is 7.05. The van der Waals surface area contributed by atoms with Crippen LogP contribution in [0.1, 0.15) is 0 Å². The van der Waals surface area contributed by atoms with Crippen LogP contribution in [0.3, 0.4) is 0 Å². The van der Waals surface area contributed by atoms with Crippen molar-refractivity contribution in [1.82, 2.24) is 0 Å². The van der Waals surface area contributed by atoms with Gasteiger partial charge in [0.05, 0.1) is 15.1 Å². The van der Waals surface area contributed by atoms with E-state index < -0.39 is 11.9 Å². The van der Waals surface area contributed by atoms with Crippen LogP contribution in [-0.4, -0.2) is 11.9 Å². The molecule has 0 fully saturated rings. The van der Waals surface area contributed by atoms with Gasteiger partial charge in [0.15, 0.2) is 5.75 Å². The zero-order valence-corrected chi connectivity index (χ0v) is 15.8. The molecule has 130 valence electrons. The molecule has 0 aliphatic carbocycles. The van der Waals surface area contributed by atoms with Crippen molar-refractivity contribution < 1.29 is 19.1 Å². The minimum atomic E-state index is -0.884. The van der Waals surface area contributed by atoms with Gasteiger partial charge < -0.3 is 9.47 Å². The third-order valence-corrected chi connectivity index (χ3v) is 3.94. The van der Waals surface area contributed by atoms with Gasteiger partial charge >= 0.3 is 11.9 Å². The van der Waals surface area contributed by atoms with Gasteiger partial charge in [-0.15, -0.1) is 0 Å². The van der Waals surface area contributed by atoms with E-state index in [1.807, 2.05) is 0 Å². The lowest BCUT2D eigenvalue weighted by molar-refractivity contribution is -0.131. The second kappa shape index (κ2) is 8.79. The Hall–Kier alpha value is -1.43. The van der Waals surface area contributed by atoms with Crippen LogP contribution in [0.5, 0.6) is 11.5 Å². The van der Waals surface area contributed by atoms with E-state index in [2.05, 4.69) is 0 Å². The van der Waals surface area contributed by atoms with Gasteiger partial charge in [-0.05, 0) is 30.3 Å². The number of hydrogen-bond acceptors (Lipinski definition) is 4. The first-order valence-corrected chi connectivity index (χ1v) is 8.36. The molecule has 0 amide bonds. The zero-order chi connectivity index (χ0) is 18.6. The Bertz CT molecular complexity index is 841. The predicted molar refractivity (Wildman–Crippen MR) is 98.3 cm³/mol. The van der Waals surface area contributed by atoms with Gasteiger partial charge in [-0.25, -0.2) is 9.59 Å². The summed E-state index contributed by atoms with van der Waals surface area (Å²) >= 11 is 29.2. The fraction of sp³-hybridized carbons (Fsp3) is 0. The van der Waals surface area contributed by atoms with Gasteiger partial charge in [0.1, 0.15) is 5.75 Å².